The highest BCUT2D eigenvalue weighted by atomic mass is 16.4. The summed E-state index contributed by atoms with van der Waals surface area (Å²) >= 11 is 0. The maximum absolute atomic E-state index is 11.4. The van der Waals surface area contributed by atoms with Crippen molar-refractivity contribution in [1.29, 1.82) is 5.26 Å². The predicted octanol–water partition coefficient (Wildman–Crippen LogP) is 0.515. The Morgan fingerprint density at radius 3 is 2.79 bits per heavy atom. The molecule has 1 rings (SSSR count). The molecule has 1 aromatic carbocycles. The molecule has 19 heavy (non-hydrogen) atoms. The number of nitriles is 1. The van der Waals surface area contributed by atoms with Crippen molar-refractivity contribution < 1.29 is 19.8 Å². The summed E-state index contributed by atoms with van der Waals surface area (Å²) in [5.74, 6) is -1.33. The van der Waals surface area contributed by atoms with Gasteiger partial charge in [-0.1, -0.05) is 6.07 Å². The van der Waals surface area contributed by atoms with Crippen molar-refractivity contribution in [2.24, 2.45) is 0 Å². The van der Waals surface area contributed by atoms with Crippen LogP contribution in [0.15, 0.2) is 24.3 Å². The van der Waals surface area contributed by atoms with Gasteiger partial charge in [-0.3, -0.25) is 0 Å². The number of amides is 2. The second kappa shape index (κ2) is 6.98. The lowest BCUT2D eigenvalue weighted by Crippen LogP contribution is -2.33. The van der Waals surface area contributed by atoms with E-state index in [1.54, 1.807) is 18.2 Å². The Morgan fingerprint density at radius 2 is 2.16 bits per heavy atom. The van der Waals surface area contributed by atoms with Gasteiger partial charge in [-0.05, 0) is 18.2 Å². The molecular formula is C12H13N3O4. The van der Waals surface area contributed by atoms with Crippen LogP contribution < -0.4 is 10.6 Å². The molecule has 0 heterocycles. The zero-order chi connectivity index (χ0) is 14.3. The van der Waals surface area contributed by atoms with Crippen LogP contribution in [-0.4, -0.2) is 34.9 Å². The van der Waals surface area contributed by atoms with Crippen LogP contribution in [0, 0.1) is 11.3 Å². The minimum Gasteiger partial charge on any atom is -0.479 e. The van der Waals surface area contributed by atoms with E-state index < -0.39 is 18.1 Å². The van der Waals surface area contributed by atoms with Crippen LogP contribution in [-0.2, 0) is 4.79 Å². The monoisotopic (exact) mass is 263 g/mol. The van der Waals surface area contributed by atoms with E-state index in [4.69, 9.17) is 15.5 Å². The molecule has 0 saturated heterocycles. The van der Waals surface area contributed by atoms with Gasteiger partial charge in [0.25, 0.3) is 0 Å². The van der Waals surface area contributed by atoms with Crippen molar-refractivity contribution in [2.45, 2.75) is 12.5 Å². The van der Waals surface area contributed by atoms with Crippen molar-refractivity contribution in [3.05, 3.63) is 29.8 Å². The lowest BCUT2D eigenvalue weighted by atomic mass is 10.2. The fourth-order valence-corrected chi connectivity index (χ4v) is 1.29. The lowest BCUT2D eigenvalue weighted by Gasteiger charge is -2.09. The van der Waals surface area contributed by atoms with Gasteiger partial charge in [-0.2, -0.15) is 5.26 Å². The van der Waals surface area contributed by atoms with Gasteiger partial charge in [-0.15, -0.1) is 0 Å². The van der Waals surface area contributed by atoms with Gasteiger partial charge in [0.15, 0.2) is 6.10 Å². The van der Waals surface area contributed by atoms with E-state index in [-0.39, 0.29) is 13.0 Å². The number of aliphatic hydroxyl groups excluding tert-OH is 1. The number of carboxylic acids is 1. The van der Waals surface area contributed by atoms with Gasteiger partial charge in [0.2, 0.25) is 0 Å². The molecular weight excluding hydrogens is 250 g/mol. The maximum atomic E-state index is 11.4. The van der Waals surface area contributed by atoms with E-state index in [0.29, 0.717) is 11.3 Å². The summed E-state index contributed by atoms with van der Waals surface area (Å²) in [7, 11) is 0. The predicted molar refractivity (Wildman–Crippen MR) is 66.4 cm³/mol. The molecule has 0 aliphatic rings. The summed E-state index contributed by atoms with van der Waals surface area (Å²) in [6.07, 6.45) is -1.58. The van der Waals surface area contributed by atoms with E-state index in [9.17, 15) is 9.59 Å². The molecule has 4 N–H and O–H groups in total. The average Bonchev–Trinajstić information content (AvgIpc) is 2.38. The van der Waals surface area contributed by atoms with Crippen molar-refractivity contribution in [1.82, 2.24) is 5.32 Å². The van der Waals surface area contributed by atoms with Crippen LogP contribution in [0.1, 0.15) is 12.0 Å². The molecule has 0 aromatic heterocycles. The number of carbonyl (C=O) groups is 2. The largest absolute Gasteiger partial charge is 0.479 e. The Balaban J connectivity index is 2.39. The van der Waals surface area contributed by atoms with Crippen LogP contribution in [0.5, 0.6) is 0 Å². The molecule has 0 fully saturated rings. The zero-order valence-corrected chi connectivity index (χ0v) is 9.96. The van der Waals surface area contributed by atoms with Crippen LogP contribution in [0.4, 0.5) is 10.5 Å². The molecule has 0 aliphatic heterocycles. The van der Waals surface area contributed by atoms with Crippen LogP contribution in [0.2, 0.25) is 0 Å². The number of hydrogen-bond donors (Lipinski definition) is 4. The SMILES string of the molecule is N#Cc1cccc(NC(=O)NCC[C@H](O)C(=O)O)c1. The van der Waals surface area contributed by atoms with E-state index in [1.807, 2.05) is 6.07 Å². The molecule has 1 atom stereocenters. The molecule has 0 saturated carbocycles. The Hall–Kier alpha value is -2.59. The smallest absolute Gasteiger partial charge is 0.332 e. The fourth-order valence-electron chi connectivity index (χ4n) is 1.29. The van der Waals surface area contributed by atoms with E-state index in [1.165, 1.54) is 6.07 Å². The normalized spacial score (nSPS) is 11.2. The van der Waals surface area contributed by atoms with Gasteiger partial charge in [0, 0.05) is 18.7 Å². The Kier molecular flexibility index (Phi) is 5.32. The summed E-state index contributed by atoms with van der Waals surface area (Å²) in [6.45, 7) is 0.0250. The minimum atomic E-state index is -1.50. The number of nitrogens with one attached hydrogen (secondary N) is 2. The van der Waals surface area contributed by atoms with E-state index >= 15 is 0 Å². The average molecular weight is 263 g/mol. The van der Waals surface area contributed by atoms with Crippen molar-refractivity contribution >= 4 is 17.7 Å². The number of rotatable bonds is 5. The summed E-state index contributed by atoms with van der Waals surface area (Å²) in [6, 6.07) is 7.76. The van der Waals surface area contributed by atoms with E-state index in [0.717, 1.165) is 0 Å². The second-order valence-electron chi connectivity index (χ2n) is 3.72. The highest BCUT2D eigenvalue weighted by Gasteiger charge is 2.12. The molecule has 0 spiro atoms. The van der Waals surface area contributed by atoms with Gasteiger partial charge in [0.1, 0.15) is 0 Å². The number of carbonyl (C=O) groups excluding carboxylic acids is 1. The standard InChI is InChI=1S/C12H13N3O4/c13-7-8-2-1-3-9(6-8)15-12(19)14-5-4-10(16)11(17)18/h1-3,6,10,16H,4-5H2,(H,17,18)(H2,14,15,19)/t10-/m0/s1. The number of aliphatic carboxylic acids is 1. The van der Waals surface area contributed by atoms with Crippen molar-refractivity contribution in [2.75, 3.05) is 11.9 Å². The number of anilines is 1. The third kappa shape index (κ3) is 5.06. The molecule has 100 valence electrons. The summed E-state index contributed by atoms with van der Waals surface area (Å²) in [5.41, 5.74) is 0.870. The second-order valence-corrected chi connectivity index (χ2v) is 3.72. The van der Waals surface area contributed by atoms with Crippen LogP contribution in [0.25, 0.3) is 0 Å². The highest BCUT2D eigenvalue weighted by molar-refractivity contribution is 5.89. The number of urea groups is 1. The first-order chi connectivity index (χ1) is 9.02. The number of hydrogen-bond acceptors (Lipinski definition) is 4. The molecule has 0 aliphatic carbocycles. The quantitative estimate of drug-likeness (QED) is 0.616. The summed E-state index contributed by atoms with van der Waals surface area (Å²) in [4.78, 5) is 21.8. The fraction of sp³-hybridized carbons (Fsp3) is 0.250. The third-order valence-electron chi connectivity index (χ3n) is 2.24. The third-order valence-corrected chi connectivity index (χ3v) is 2.24. The first kappa shape index (κ1) is 14.5. The van der Waals surface area contributed by atoms with Crippen LogP contribution >= 0.6 is 0 Å². The molecule has 7 heteroatoms. The number of carboxylic acid groups (broad SMARTS) is 1. The lowest BCUT2D eigenvalue weighted by molar-refractivity contribution is -0.146. The summed E-state index contributed by atoms with van der Waals surface area (Å²) in [5, 5.41) is 31.0. The minimum absolute atomic E-state index is 0.0250. The van der Waals surface area contributed by atoms with E-state index in [2.05, 4.69) is 10.6 Å². The van der Waals surface area contributed by atoms with Crippen LogP contribution in [0.3, 0.4) is 0 Å². The Labute approximate surface area is 109 Å². The van der Waals surface area contributed by atoms with Crippen molar-refractivity contribution in [3.8, 4) is 6.07 Å². The number of nitrogens with zero attached hydrogens (tertiary/aromatic N) is 1. The first-order valence-corrected chi connectivity index (χ1v) is 5.49. The zero-order valence-electron chi connectivity index (χ0n) is 9.96. The number of aliphatic hydroxyl groups is 1. The van der Waals surface area contributed by atoms with Gasteiger partial charge < -0.3 is 20.8 Å². The molecule has 0 unspecified atom stereocenters. The maximum Gasteiger partial charge on any atom is 0.332 e. The first-order valence-electron chi connectivity index (χ1n) is 5.49. The van der Waals surface area contributed by atoms with Gasteiger partial charge in [-0.25, -0.2) is 9.59 Å². The summed E-state index contributed by atoms with van der Waals surface area (Å²) < 4.78 is 0. The van der Waals surface area contributed by atoms with Crippen molar-refractivity contribution in [3.63, 3.8) is 0 Å². The highest BCUT2D eigenvalue weighted by Crippen LogP contribution is 2.09. The molecule has 2 amide bonds. The number of benzene rings is 1. The molecule has 0 bridgehead atoms. The molecule has 1 aromatic rings. The molecule has 0 radical (unpaired) electrons. The van der Waals surface area contributed by atoms with Gasteiger partial charge >= 0.3 is 12.0 Å². The Bertz CT molecular complexity index is 510. The topological polar surface area (TPSA) is 122 Å². The Morgan fingerprint density at radius 1 is 1.42 bits per heavy atom. The van der Waals surface area contributed by atoms with Gasteiger partial charge in [0.05, 0.1) is 11.6 Å². The molecule has 7 nitrogen and oxygen atoms in total.